The summed E-state index contributed by atoms with van der Waals surface area (Å²) >= 11 is 0. The Morgan fingerprint density at radius 2 is 1.63 bits per heavy atom. The van der Waals surface area contributed by atoms with Gasteiger partial charge >= 0.3 is 0 Å². The molecule has 0 heterocycles. The Morgan fingerprint density at radius 3 is 2.21 bits per heavy atom. The van der Waals surface area contributed by atoms with E-state index in [4.69, 9.17) is 5.73 Å². The van der Waals surface area contributed by atoms with Crippen molar-refractivity contribution in [2.24, 2.45) is 23.5 Å². The maximum Gasteiger partial charge on any atom is 0.00390 e. The van der Waals surface area contributed by atoms with Gasteiger partial charge in [-0.25, -0.2) is 0 Å². The summed E-state index contributed by atoms with van der Waals surface area (Å²) in [7, 11) is 0. The lowest BCUT2D eigenvalue weighted by Crippen LogP contribution is -2.26. The Kier molecular flexibility index (Phi) is 8.77. The van der Waals surface area contributed by atoms with Crippen LogP contribution in [0.15, 0.2) is 0 Å². The molecule has 0 aromatic rings. The van der Waals surface area contributed by atoms with Crippen molar-refractivity contribution in [3.05, 3.63) is 0 Å². The van der Waals surface area contributed by atoms with E-state index in [1.165, 1.54) is 70.6 Å². The van der Waals surface area contributed by atoms with Crippen LogP contribution in [0, 0.1) is 17.8 Å². The zero-order chi connectivity index (χ0) is 14.1. The summed E-state index contributed by atoms with van der Waals surface area (Å²) in [6, 6.07) is 0.508. The number of rotatable bonds is 9. The summed E-state index contributed by atoms with van der Waals surface area (Å²) in [6.45, 7) is 7.09. The van der Waals surface area contributed by atoms with Crippen LogP contribution in [0.25, 0.3) is 0 Å². The van der Waals surface area contributed by atoms with Gasteiger partial charge in [0.15, 0.2) is 0 Å². The predicted octanol–water partition coefficient (Wildman–Crippen LogP) is 5.53. The molecular weight excluding hydrogens is 230 g/mol. The lowest BCUT2D eigenvalue weighted by atomic mass is 9.81. The van der Waals surface area contributed by atoms with Crippen LogP contribution in [0.4, 0.5) is 0 Å². The highest BCUT2D eigenvalue weighted by molar-refractivity contribution is 4.75. The Hall–Kier alpha value is -0.0400. The smallest absolute Gasteiger partial charge is 0.00390 e. The van der Waals surface area contributed by atoms with Gasteiger partial charge in [0.05, 0.1) is 0 Å². The van der Waals surface area contributed by atoms with Crippen molar-refractivity contribution in [2.45, 2.75) is 97.4 Å². The minimum atomic E-state index is 0.508. The van der Waals surface area contributed by atoms with Crippen molar-refractivity contribution in [1.29, 1.82) is 0 Å². The highest BCUT2D eigenvalue weighted by Gasteiger charge is 2.19. The molecule has 1 fully saturated rings. The Balaban J connectivity index is 2.10. The Bertz CT molecular complexity index is 206. The van der Waals surface area contributed by atoms with Crippen LogP contribution in [0.3, 0.4) is 0 Å². The predicted molar refractivity (Wildman–Crippen MR) is 86.3 cm³/mol. The molecule has 1 nitrogen and oxygen atoms in total. The normalized spacial score (nSPS) is 27.2. The summed E-state index contributed by atoms with van der Waals surface area (Å²) < 4.78 is 0. The fraction of sp³-hybridized carbons (Fsp3) is 1.00. The molecule has 0 spiro atoms. The molecule has 114 valence electrons. The first kappa shape index (κ1) is 17.0. The molecule has 0 aromatic carbocycles. The van der Waals surface area contributed by atoms with E-state index in [-0.39, 0.29) is 0 Å². The molecule has 2 atom stereocenters. The molecule has 1 aliphatic rings. The summed E-state index contributed by atoms with van der Waals surface area (Å²) in [5.74, 6) is 2.90. The molecule has 0 saturated heterocycles. The maximum absolute atomic E-state index is 5.99. The second kappa shape index (κ2) is 9.80. The average molecular weight is 268 g/mol. The quantitative estimate of drug-likeness (QED) is 0.584. The summed E-state index contributed by atoms with van der Waals surface area (Å²) in [6.07, 6.45) is 15.3. The summed E-state index contributed by atoms with van der Waals surface area (Å²) in [5.41, 5.74) is 5.99. The standard InChI is InChI=1S/C18H37N/c1-4-15(3)7-6-8-16(5-2)9-10-17-11-13-18(19)14-12-17/h15-18H,4-14,19H2,1-3H3. The van der Waals surface area contributed by atoms with Gasteiger partial charge in [0.1, 0.15) is 0 Å². The zero-order valence-electron chi connectivity index (χ0n) is 13.7. The van der Waals surface area contributed by atoms with Crippen LogP contribution in [-0.2, 0) is 0 Å². The molecule has 0 aliphatic heterocycles. The van der Waals surface area contributed by atoms with Crippen molar-refractivity contribution < 1.29 is 0 Å². The number of hydrogen-bond acceptors (Lipinski definition) is 1. The van der Waals surface area contributed by atoms with Crippen molar-refractivity contribution in [1.82, 2.24) is 0 Å². The van der Waals surface area contributed by atoms with Crippen LogP contribution in [0.1, 0.15) is 91.4 Å². The molecule has 0 aromatic heterocycles. The van der Waals surface area contributed by atoms with E-state index in [1.54, 1.807) is 0 Å². The molecule has 0 radical (unpaired) electrons. The molecule has 1 aliphatic carbocycles. The highest BCUT2D eigenvalue weighted by Crippen LogP contribution is 2.30. The number of hydrogen-bond donors (Lipinski definition) is 1. The first-order chi connectivity index (χ1) is 9.15. The third kappa shape index (κ3) is 7.34. The van der Waals surface area contributed by atoms with Gasteiger partial charge in [0, 0.05) is 6.04 Å². The van der Waals surface area contributed by atoms with Crippen LogP contribution in [0.5, 0.6) is 0 Å². The van der Waals surface area contributed by atoms with Gasteiger partial charge in [0.25, 0.3) is 0 Å². The fourth-order valence-electron chi connectivity index (χ4n) is 3.46. The third-order valence-electron chi connectivity index (χ3n) is 5.46. The van der Waals surface area contributed by atoms with Gasteiger partial charge in [-0.2, -0.15) is 0 Å². The topological polar surface area (TPSA) is 26.0 Å². The van der Waals surface area contributed by atoms with Crippen molar-refractivity contribution in [3.8, 4) is 0 Å². The van der Waals surface area contributed by atoms with Gasteiger partial charge in [-0.05, 0) is 43.4 Å². The van der Waals surface area contributed by atoms with E-state index in [0.717, 1.165) is 17.8 Å². The third-order valence-corrected chi connectivity index (χ3v) is 5.46. The lowest BCUT2D eigenvalue weighted by Gasteiger charge is -2.27. The second-order valence-electron chi connectivity index (χ2n) is 7.08. The first-order valence-electron chi connectivity index (χ1n) is 8.91. The first-order valence-corrected chi connectivity index (χ1v) is 8.91. The molecule has 1 heteroatoms. The molecular formula is C18H37N. The molecule has 1 rings (SSSR count). The second-order valence-corrected chi connectivity index (χ2v) is 7.08. The molecule has 19 heavy (non-hydrogen) atoms. The van der Waals surface area contributed by atoms with Crippen LogP contribution in [-0.4, -0.2) is 6.04 Å². The minimum absolute atomic E-state index is 0.508. The SMILES string of the molecule is CCC(C)CCCC(CC)CCC1CCC(N)CC1. The Labute approximate surface area is 121 Å². The van der Waals surface area contributed by atoms with E-state index in [1.807, 2.05) is 0 Å². The fourth-order valence-corrected chi connectivity index (χ4v) is 3.46. The maximum atomic E-state index is 5.99. The van der Waals surface area contributed by atoms with Crippen molar-refractivity contribution in [2.75, 3.05) is 0 Å². The van der Waals surface area contributed by atoms with Crippen molar-refractivity contribution in [3.63, 3.8) is 0 Å². The van der Waals surface area contributed by atoms with Gasteiger partial charge in [-0.3, -0.25) is 0 Å². The van der Waals surface area contributed by atoms with Gasteiger partial charge in [-0.15, -0.1) is 0 Å². The van der Waals surface area contributed by atoms with Gasteiger partial charge in [-0.1, -0.05) is 65.7 Å². The van der Waals surface area contributed by atoms with Gasteiger partial charge < -0.3 is 5.73 Å². The largest absolute Gasteiger partial charge is 0.328 e. The van der Waals surface area contributed by atoms with E-state index in [0.29, 0.717) is 6.04 Å². The molecule has 2 unspecified atom stereocenters. The van der Waals surface area contributed by atoms with E-state index < -0.39 is 0 Å². The zero-order valence-corrected chi connectivity index (χ0v) is 13.7. The van der Waals surface area contributed by atoms with Crippen LogP contribution < -0.4 is 5.73 Å². The monoisotopic (exact) mass is 267 g/mol. The molecule has 0 bridgehead atoms. The average Bonchev–Trinajstić information content (AvgIpc) is 2.44. The lowest BCUT2D eigenvalue weighted by molar-refractivity contribution is 0.277. The number of nitrogens with two attached hydrogens (primary N) is 1. The van der Waals surface area contributed by atoms with E-state index >= 15 is 0 Å². The highest BCUT2D eigenvalue weighted by atomic mass is 14.6. The molecule has 0 amide bonds. The minimum Gasteiger partial charge on any atom is -0.328 e. The van der Waals surface area contributed by atoms with Crippen molar-refractivity contribution >= 4 is 0 Å². The summed E-state index contributed by atoms with van der Waals surface area (Å²) in [5, 5.41) is 0. The molecule has 2 N–H and O–H groups in total. The summed E-state index contributed by atoms with van der Waals surface area (Å²) in [4.78, 5) is 0. The van der Waals surface area contributed by atoms with Crippen LogP contribution in [0.2, 0.25) is 0 Å². The Morgan fingerprint density at radius 1 is 0.947 bits per heavy atom. The molecule has 1 saturated carbocycles. The van der Waals surface area contributed by atoms with Gasteiger partial charge in [0.2, 0.25) is 0 Å². The van der Waals surface area contributed by atoms with E-state index in [2.05, 4.69) is 20.8 Å². The van der Waals surface area contributed by atoms with Crippen LogP contribution >= 0.6 is 0 Å². The van der Waals surface area contributed by atoms with E-state index in [9.17, 15) is 0 Å².